The van der Waals surface area contributed by atoms with Crippen molar-refractivity contribution in [1.29, 1.82) is 0 Å². The zero-order valence-electron chi connectivity index (χ0n) is 14.8. The minimum absolute atomic E-state index is 0.0359. The number of allylic oxidation sites excluding steroid dienone is 8. The fourth-order valence-corrected chi connectivity index (χ4v) is 2.43. The summed E-state index contributed by atoms with van der Waals surface area (Å²) < 4.78 is 0. The molecule has 0 heterocycles. The maximum atomic E-state index is 12.1. The molecule has 1 unspecified atom stereocenters. The van der Waals surface area contributed by atoms with Crippen molar-refractivity contribution in [2.24, 2.45) is 0 Å². The summed E-state index contributed by atoms with van der Waals surface area (Å²) in [7, 11) is 0. The predicted molar refractivity (Wildman–Crippen MR) is 104 cm³/mol. The number of nitrogens with one attached hydrogen (secondary N) is 2. The molecule has 0 aliphatic heterocycles. The van der Waals surface area contributed by atoms with Crippen LogP contribution in [-0.4, -0.2) is 25.0 Å². The van der Waals surface area contributed by atoms with Gasteiger partial charge in [-0.3, -0.25) is 4.79 Å². The minimum Gasteiger partial charge on any atom is -0.354 e. The predicted octanol–water partition coefficient (Wildman–Crippen LogP) is 3.99. The molecular weight excluding hydrogens is 296 g/mol. The molecular formula is C21H30N2O. The Hall–Kier alpha value is -2.13. The van der Waals surface area contributed by atoms with Crippen LogP contribution in [0, 0.1) is 0 Å². The lowest BCUT2D eigenvalue weighted by Crippen LogP contribution is -2.42. The first-order valence-corrected chi connectivity index (χ1v) is 8.64. The van der Waals surface area contributed by atoms with Gasteiger partial charge in [-0.2, -0.15) is 0 Å². The van der Waals surface area contributed by atoms with E-state index in [-0.39, 0.29) is 11.9 Å². The molecule has 24 heavy (non-hydrogen) atoms. The zero-order valence-corrected chi connectivity index (χ0v) is 14.8. The summed E-state index contributed by atoms with van der Waals surface area (Å²) in [5, 5.41) is 6.25. The molecule has 1 aliphatic carbocycles. The number of rotatable bonds is 11. The van der Waals surface area contributed by atoms with Gasteiger partial charge in [0.2, 0.25) is 5.91 Å². The van der Waals surface area contributed by atoms with Crippen molar-refractivity contribution in [3.05, 3.63) is 72.9 Å². The van der Waals surface area contributed by atoms with Gasteiger partial charge in [-0.1, -0.05) is 67.3 Å². The Bertz CT molecular complexity index is 538. The minimum atomic E-state index is -0.186. The van der Waals surface area contributed by atoms with Gasteiger partial charge in [0.1, 0.15) is 0 Å². The second kappa shape index (κ2) is 12.3. The van der Waals surface area contributed by atoms with E-state index < -0.39 is 0 Å². The summed E-state index contributed by atoms with van der Waals surface area (Å²) in [6.07, 6.45) is 20.0. The second-order valence-electron chi connectivity index (χ2n) is 5.80. The lowest BCUT2D eigenvalue weighted by molar-refractivity contribution is -0.122. The smallest absolute Gasteiger partial charge is 0.236 e. The summed E-state index contributed by atoms with van der Waals surface area (Å²) in [5.41, 5.74) is 2.47. The number of hydrogen-bond acceptors (Lipinski definition) is 2. The first-order chi connectivity index (χ1) is 11.7. The topological polar surface area (TPSA) is 41.1 Å². The van der Waals surface area contributed by atoms with Gasteiger partial charge in [0, 0.05) is 6.54 Å². The molecule has 0 aromatic heterocycles. The molecule has 0 saturated carbocycles. The molecule has 0 bridgehead atoms. The monoisotopic (exact) mass is 326 g/mol. The standard InChI is InChI=1S/C21H30N2O/c1-4-6-11-19(10-5-2)15-17-23-21(24)18(3)22-16-14-20-12-8-7-9-13-20/h4-6,8,10-13,18,22H,1-2,7,9,14-17H2,3H3,(H,23,24)/b11-6-,19-10+. The van der Waals surface area contributed by atoms with Crippen molar-refractivity contribution in [2.75, 3.05) is 13.1 Å². The lowest BCUT2D eigenvalue weighted by Gasteiger charge is -2.15. The third kappa shape index (κ3) is 8.49. The molecule has 0 saturated heterocycles. The van der Waals surface area contributed by atoms with Crippen molar-refractivity contribution >= 4 is 5.91 Å². The summed E-state index contributed by atoms with van der Waals surface area (Å²) in [6.45, 7) is 10.7. The zero-order chi connectivity index (χ0) is 17.6. The average Bonchev–Trinajstić information content (AvgIpc) is 2.60. The summed E-state index contributed by atoms with van der Waals surface area (Å²) in [6, 6.07) is -0.186. The van der Waals surface area contributed by atoms with Gasteiger partial charge in [0.25, 0.3) is 0 Å². The number of hydrogen-bond donors (Lipinski definition) is 2. The Morgan fingerprint density at radius 3 is 2.79 bits per heavy atom. The molecule has 0 spiro atoms. The lowest BCUT2D eigenvalue weighted by atomic mass is 10.0. The quantitative estimate of drug-likeness (QED) is 0.564. The van der Waals surface area contributed by atoms with E-state index in [9.17, 15) is 4.79 Å². The molecule has 1 amide bonds. The third-order valence-corrected chi connectivity index (χ3v) is 3.82. The normalized spacial score (nSPS) is 15.9. The maximum Gasteiger partial charge on any atom is 0.236 e. The fourth-order valence-electron chi connectivity index (χ4n) is 2.43. The highest BCUT2D eigenvalue weighted by atomic mass is 16.2. The van der Waals surface area contributed by atoms with E-state index in [1.54, 1.807) is 12.2 Å². The molecule has 3 nitrogen and oxygen atoms in total. The number of carbonyl (C=O) groups is 1. The van der Waals surface area contributed by atoms with Crippen LogP contribution >= 0.6 is 0 Å². The Morgan fingerprint density at radius 2 is 2.12 bits per heavy atom. The van der Waals surface area contributed by atoms with Gasteiger partial charge in [-0.05, 0) is 44.7 Å². The summed E-state index contributed by atoms with van der Waals surface area (Å²) in [5.74, 6) is 0.0359. The molecule has 0 aromatic rings. The van der Waals surface area contributed by atoms with Crippen LogP contribution in [0.2, 0.25) is 0 Å². The SMILES string of the molecule is C=C/C=C\C(=C/C=C)CCNC(=O)C(C)NCCC1=CCCC=C1. The van der Waals surface area contributed by atoms with Gasteiger partial charge >= 0.3 is 0 Å². The van der Waals surface area contributed by atoms with E-state index in [0.717, 1.165) is 37.8 Å². The Balaban J connectivity index is 2.25. The Kier molecular flexibility index (Phi) is 10.2. The number of amides is 1. The van der Waals surface area contributed by atoms with E-state index >= 15 is 0 Å². The first kappa shape index (κ1) is 19.9. The van der Waals surface area contributed by atoms with E-state index in [0.29, 0.717) is 6.54 Å². The van der Waals surface area contributed by atoms with Crippen LogP contribution in [0.5, 0.6) is 0 Å². The second-order valence-corrected chi connectivity index (χ2v) is 5.80. The van der Waals surface area contributed by atoms with Crippen LogP contribution in [0.3, 0.4) is 0 Å². The molecule has 0 radical (unpaired) electrons. The van der Waals surface area contributed by atoms with Gasteiger partial charge in [-0.25, -0.2) is 0 Å². The molecule has 1 rings (SSSR count). The molecule has 1 atom stereocenters. The van der Waals surface area contributed by atoms with Crippen LogP contribution in [0.4, 0.5) is 0 Å². The molecule has 1 aliphatic rings. The molecule has 3 heteroatoms. The van der Waals surface area contributed by atoms with Crippen molar-refractivity contribution in [3.63, 3.8) is 0 Å². The van der Waals surface area contributed by atoms with Crippen molar-refractivity contribution in [3.8, 4) is 0 Å². The molecule has 0 aromatic carbocycles. The van der Waals surface area contributed by atoms with Crippen molar-refractivity contribution in [2.45, 2.75) is 38.6 Å². The number of carbonyl (C=O) groups excluding carboxylic acids is 1. The van der Waals surface area contributed by atoms with E-state index in [1.165, 1.54) is 5.57 Å². The summed E-state index contributed by atoms with van der Waals surface area (Å²) in [4.78, 5) is 12.1. The van der Waals surface area contributed by atoms with Crippen LogP contribution in [0.1, 0.15) is 32.6 Å². The first-order valence-electron chi connectivity index (χ1n) is 8.64. The average molecular weight is 326 g/mol. The van der Waals surface area contributed by atoms with E-state index in [1.807, 2.05) is 25.2 Å². The third-order valence-electron chi connectivity index (χ3n) is 3.82. The highest BCUT2D eigenvalue weighted by Crippen LogP contribution is 2.12. The highest BCUT2D eigenvalue weighted by Gasteiger charge is 2.11. The van der Waals surface area contributed by atoms with Gasteiger partial charge in [0.15, 0.2) is 0 Å². The van der Waals surface area contributed by atoms with Gasteiger partial charge in [0.05, 0.1) is 6.04 Å². The summed E-state index contributed by atoms with van der Waals surface area (Å²) >= 11 is 0. The molecule has 2 N–H and O–H groups in total. The van der Waals surface area contributed by atoms with Crippen molar-refractivity contribution < 1.29 is 4.79 Å². The van der Waals surface area contributed by atoms with Crippen molar-refractivity contribution in [1.82, 2.24) is 10.6 Å². The Morgan fingerprint density at radius 1 is 1.29 bits per heavy atom. The highest BCUT2D eigenvalue weighted by molar-refractivity contribution is 5.81. The van der Waals surface area contributed by atoms with Crippen LogP contribution in [0.25, 0.3) is 0 Å². The largest absolute Gasteiger partial charge is 0.354 e. The van der Waals surface area contributed by atoms with Crippen LogP contribution in [0.15, 0.2) is 72.9 Å². The van der Waals surface area contributed by atoms with Crippen LogP contribution < -0.4 is 10.6 Å². The molecule has 130 valence electrons. The molecule has 0 fully saturated rings. The Labute approximate surface area is 146 Å². The van der Waals surface area contributed by atoms with E-state index in [2.05, 4.69) is 42.0 Å². The maximum absolute atomic E-state index is 12.1. The van der Waals surface area contributed by atoms with Crippen LogP contribution in [-0.2, 0) is 4.79 Å². The fraction of sp³-hybridized carbons (Fsp3) is 0.381. The van der Waals surface area contributed by atoms with Gasteiger partial charge < -0.3 is 10.6 Å². The van der Waals surface area contributed by atoms with Gasteiger partial charge in [-0.15, -0.1) is 0 Å². The van der Waals surface area contributed by atoms with E-state index in [4.69, 9.17) is 0 Å².